The fourth-order valence-corrected chi connectivity index (χ4v) is 1.99. The van der Waals surface area contributed by atoms with Gasteiger partial charge in [0.15, 0.2) is 0 Å². The first-order chi connectivity index (χ1) is 11.2. The van der Waals surface area contributed by atoms with Crippen molar-refractivity contribution in [2.75, 3.05) is 5.43 Å². The van der Waals surface area contributed by atoms with Crippen LogP contribution in [0, 0.1) is 10.1 Å². The zero-order chi connectivity index (χ0) is 17.9. The lowest BCUT2D eigenvalue weighted by Gasteiger charge is -2.11. The highest BCUT2D eigenvalue weighted by atomic mass is 35.5. The van der Waals surface area contributed by atoms with Gasteiger partial charge in [-0.3, -0.25) is 15.5 Å². The van der Waals surface area contributed by atoms with Crippen LogP contribution in [0.15, 0.2) is 41.5 Å². The van der Waals surface area contributed by atoms with Gasteiger partial charge in [-0.05, 0) is 35.6 Å². The fourth-order valence-electron chi connectivity index (χ4n) is 1.77. The molecule has 0 aliphatic heterocycles. The van der Waals surface area contributed by atoms with Crippen LogP contribution in [-0.2, 0) is 6.18 Å². The van der Waals surface area contributed by atoms with Crippen molar-refractivity contribution in [3.8, 4) is 5.75 Å². The second kappa shape index (κ2) is 6.75. The summed E-state index contributed by atoms with van der Waals surface area (Å²) in [7, 11) is 0. The van der Waals surface area contributed by atoms with Crippen LogP contribution in [0.25, 0.3) is 0 Å². The summed E-state index contributed by atoms with van der Waals surface area (Å²) in [6.07, 6.45) is -3.56. The highest BCUT2D eigenvalue weighted by Gasteiger charge is 2.30. The minimum Gasteiger partial charge on any atom is -0.867 e. The van der Waals surface area contributed by atoms with E-state index >= 15 is 0 Å². The van der Waals surface area contributed by atoms with Crippen LogP contribution in [0.2, 0.25) is 5.02 Å². The van der Waals surface area contributed by atoms with Crippen molar-refractivity contribution >= 4 is 29.2 Å². The van der Waals surface area contributed by atoms with Gasteiger partial charge >= 0.3 is 6.18 Å². The summed E-state index contributed by atoms with van der Waals surface area (Å²) < 4.78 is 37.8. The van der Waals surface area contributed by atoms with E-state index in [0.29, 0.717) is 0 Å². The molecule has 0 spiro atoms. The lowest BCUT2D eigenvalue weighted by molar-refractivity contribution is -0.398. The van der Waals surface area contributed by atoms with Crippen molar-refractivity contribution in [1.82, 2.24) is 0 Å². The molecule has 2 aromatic rings. The zero-order valence-corrected chi connectivity index (χ0v) is 12.4. The minimum absolute atomic E-state index is 0.0325. The maximum atomic E-state index is 12.6. The minimum atomic E-state index is -4.50. The molecule has 10 heteroatoms. The molecule has 6 nitrogen and oxygen atoms in total. The number of hydrogen-bond donors (Lipinski definition) is 1. The van der Waals surface area contributed by atoms with E-state index in [-0.39, 0.29) is 16.3 Å². The molecule has 0 aliphatic rings. The van der Waals surface area contributed by atoms with Crippen molar-refractivity contribution < 1.29 is 23.2 Å². The van der Waals surface area contributed by atoms with E-state index in [2.05, 4.69) is 10.5 Å². The maximum absolute atomic E-state index is 12.6. The molecule has 1 N–H and O–H groups in total. The molecule has 0 saturated carbocycles. The van der Waals surface area contributed by atoms with Gasteiger partial charge in [0.25, 0.3) is 5.69 Å². The van der Waals surface area contributed by atoms with Crippen LogP contribution >= 0.6 is 11.6 Å². The van der Waals surface area contributed by atoms with E-state index in [4.69, 9.17) is 11.6 Å². The Morgan fingerprint density at radius 2 is 1.96 bits per heavy atom. The third-order valence-corrected chi connectivity index (χ3v) is 3.06. The number of anilines is 1. The Balaban J connectivity index is 2.23. The number of nitrogens with one attached hydrogen (secondary N) is 1. The molecule has 0 saturated heterocycles. The number of nitro benzene ring substituents is 1. The Labute approximate surface area is 138 Å². The van der Waals surface area contributed by atoms with E-state index < -0.39 is 28.1 Å². The molecule has 2 aromatic carbocycles. The van der Waals surface area contributed by atoms with Gasteiger partial charge in [-0.2, -0.15) is 18.3 Å². The monoisotopic (exact) mass is 358 g/mol. The summed E-state index contributed by atoms with van der Waals surface area (Å²) in [4.78, 5) is 9.85. The number of nitrogens with zero attached hydrogens (tertiary/aromatic N) is 2. The van der Waals surface area contributed by atoms with Gasteiger partial charge in [-0.1, -0.05) is 17.7 Å². The molecule has 0 unspecified atom stereocenters. The number of nitro groups is 1. The highest BCUT2D eigenvalue weighted by molar-refractivity contribution is 6.31. The first-order valence-corrected chi connectivity index (χ1v) is 6.67. The third-order valence-electron chi connectivity index (χ3n) is 2.85. The van der Waals surface area contributed by atoms with Gasteiger partial charge in [0.1, 0.15) is 0 Å². The summed E-state index contributed by atoms with van der Waals surface area (Å²) in [5.41, 5.74) is 0.589. The Morgan fingerprint density at radius 3 is 2.58 bits per heavy atom. The van der Waals surface area contributed by atoms with Gasteiger partial charge in [-0.25, -0.2) is 0 Å². The second-order valence-electron chi connectivity index (χ2n) is 4.55. The summed E-state index contributed by atoms with van der Waals surface area (Å²) >= 11 is 5.68. The summed E-state index contributed by atoms with van der Waals surface area (Å²) in [6.45, 7) is 0. The summed E-state index contributed by atoms with van der Waals surface area (Å²) in [5.74, 6) is -0.904. The predicted octanol–water partition coefficient (Wildman–Crippen LogP) is 3.79. The SMILES string of the molecule is O=[N+]([O-])c1cc(Cl)cc(/C=N\Nc2cccc(C(F)(F)F)c2)c1[O-]. The van der Waals surface area contributed by atoms with E-state index in [1.165, 1.54) is 12.1 Å². The first kappa shape index (κ1) is 17.5. The van der Waals surface area contributed by atoms with Gasteiger partial charge in [-0.15, -0.1) is 0 Å². The van der Waals surface area contributed by atoms with Crippen molar-refractivity contribution in [3.63, 3.8) is 0 Å². The number of rotatable bonds is 4. The third kappa shape index (κ3) is 4.13. The van der Waals surface area contributed by atoms with Gasteiger partial charge in [0.2, 0.25) is 0 Å². The topological polar surface area (TPSA) is 90.6 Å². The smallest absolute Gasteiger partial charge is 0.416 e. The van der Waals surface area contributed by atoms with E-state index in [1.54, 1.807) is 0 Å². The van der Waals surface area contributed by atoms with Crippen molar-refractivity contribution in [3.05, 3.63) is 62.7 Å². The van der Waals surface area contributed by atoms with Crippen molar-refractivity contribution in [1.29, 1.82) is 0 Å². The molecular weight excluding hydrogens is 351 g/mol. The van der Waals surface area contributed by atoms with Crippen LogP contribution in [0.5, 0.6) is 5.75 Å². The van der Waals surface area contributed by atoms with Crippen molar-refractivity contribution in [2.24, 2.45) is 5.10 Å². The molecule has 0 radical (unpaired) electrons. The molecule has 0 bridgehead atoms. The van der Waals surface area contributed by atoms with Crippen LogP contribution in [-0.4, -0.2) is 11.1 Å². The fraction of sp³-hybridized carbons (Fsp3) is 0.0714. The lowest BCUT2D eigenvalue weighted by Crippen LogP contribution is -2.05. The van der Waals surface area contributed by atoms with E-state index in [9.17, 15) is 28.4 Å². The normalized spacial score (nSPS) is 11.7. The Morgan fingerprint density at radius 1 is 1.25 bits per heavy atom. The Kier molecular flexibility index (Phi) is 4.93. The quantitative estimate of drug-likeness (QED) is 0.511. The number of alkyl halides is 3. The number of benzene rings is 2. The maximum Gasteiger partial charge on any atom is 0.416 e. The molecule has 2 rings (SSSR count). The molecule has 0 heterocycles. The molecule has 0 aliphatic carbocycles. The number of hydrogen-bond acceptors (Lipinski definition) is 5. The van der Waals surface area contributed by atoms with Crippen LogP contribution in [0.4, 0.5) is 24.5 Å². The summed E-state index contributed by atoms with van der Waals surface area (Å²) in [6, 6.07) is 6.31. The molecule has 24 heavy (non-hydrogen) atoms. The van der Waals surface area contributed by atoms with Gasteiger partial charge in [0, 0.05) is 11.1 Å². The first-order valence-electron chi connectivity index (χ1n) is 6.30. The predicted molar refractivity (Wildman–Crippen MR) is 80.2 cm³/mol. The van der Waals surface area contributed by atoms with Crippen LogP contribution in [0.1, 0.15) is 11.1 Å². The largest absolute Gasteiger partial charge is 0.867 e. The van der Waals surface area contributed by atoms with Gasteiger partial charge < -0.3 is 5.11 Å². The molecular formula is C14H8ClF3N3O3-. The average molecular weight is 359 g/mol. The molecule has 0 amide bonds. The second-order valence-corrected chi connectivity index (χ2v) is 4.99. The number of halogens is 4. The Hall–Kier alpha value is -2.81. The lowest BCUT2D eigenvalue weighted by atomic mass is 10.2. The summed E-state index contributed by atoms with van der Waals surface area (Å²) in [5, 5.41) is 26.1. The Bertz CT molecular complexity index is 810. The molecule has 0 atom stereocenters. The molecule has 0 fully saturated rings. The zero-order valence-electron chi connectivity index (χ0n) is 11.7. The van der Waals surface area contributed by atoms with Crippen LogP contribution < -0.4 is 10.5 Å². The van der Waals surface area contributed by atoms with E-state index in [1.807, 2.05) is 0 Å². The standard InChI is InChI=1S/C14H9ClF3N3O3/c15-10-4-8(13(22)12(6-10)21(23)24)7-19-20-11-3-1-2-9(5-11)14(16,17)18/h1-7,20,22H/p-1/b19-7-. The average Bonchev–Trinajstić information content (AvgIpc) is 2.49. The number of hydrazone groups is 1. The molecule has 126 valence electrons. The van der Waals surface area contributed by atoms with Gasteiger partial charge in [0.05, 0.1) is 22.4 Å². The van der Waals surface area contributed by atoms with Crippen molar-refractivity contribution in [2.45, 2.75) is 6.18 Å². The van der Waals surface area contributed by atoms with E-state index in [0.717, 1.165) is 30.5 Å². The highest BCUT2D eigenvalue weighted by Crippen LogP contribution is 2.31. The molecule has 0 aromatic heterocycles. The van der Waals surface area contributed by atoms with Crippen LogP contribution in [0.3, 0.4) is 0 Å².